The quantitative estimate of drug-likeness (QED) is 0.256. The summed E-state index contributed by atoms with van der Waals surface area (Å²) < 4.78 is 68.3. The molecule has 5 nitrogen and oxygen atoms in total. The van der Waals surface area contributed by atoms with Crippen LogP contribution in [0.2, 0.25) is 0 Å². The molecule has 0 aliphatic carbocycles. The first-order valence-electron chi connectivity index (χ1n) is 8.77. The Bertz CT molecular complexity index is 942. The van der Waals surface area contributed by atoms with Crippen LogP contribution in [-0.4, -0.2) is 28.8 Å². The van der Waals surface area contributed by atoms with Crippen LogP contribution in [0.25, 0.3) is 0 Å². The second kappa shape index (κ2) is 8.94. The van der Waals surface area contributed by atoms with Crippen LogP contribution in [0.15, 0.2) is 24.4 Å². The number of alkyl halides is 3. The van der Waals surface area contributed by atoms with Gasteiger partial charge in [-0.05, 0) is 68.8 Å². The average Bonchev–Trinajstić information content (AvgIpc) is 2.57. The van der Waals surface area contributed by atoms with Gasteiger partial charge in [0.25, 0.3) is 0 Å². The van der Waals surface area contributed by atoms with Gasteiger partial charge in [0.05, 0.1) is 15.3 Å². The summed E-state index contributed by atoms with van der Waals surface area (Å²) in [6.45, 7) is 7.50. The van der Waals surface area contributed by atoms with Crippen molar-refractivity contribution >= 4 is 28.6 Å². The van der Waals surface area contributed by atoms with E-state index in [9.17, 15) is 22.4 Å². The van der Waals surface area contributed by atoms with Crippen LogP contribution in [0.3, 0.4) is 0 Å². The summed E-state index contributed by atoms with van der Waals surface area (Å²) in [7, 11) is 0. The Balaban J connectivity index is 2.21. The molecule has 0 fully saturated rings. The fourth-order valence-corrected chi connectivity index (χ4v) is 2.75. The Hall–Kier alpha value is -2.11. The lowest BCUT2D eigenvalue weighted by Gasteiger charge is -2.20. The molecule has 0 N–H and O–H groups in total. The first-order valence-corrected chi connectivity index (χ1v) is 9.85. The maximum atomic E-state index is 14.4. The molecule has 0 spiro atoms. The molecule has 30 heavy (non-hydrogen) atoms. The minimum atomic E-state index is -4.52. The van der Waals surface area contributed by atoms with Crippen molar-refractivity contribution in [1.82, 2.24) is 4.98 Å². The highest BCUT2D eigenvalue weighted by Crippen LogP contribution is 2.32. The molecule has 0 aliphatic rings. The van der Waals surface area contributed by atoms with E-state index in [1.807, 2.05) is 0 Å². The van der Waals surface area contributed by atoms with Gasteiger partial charge in [-0.15, -0.1) is 0 Å². The predicted molar refractivity (Wildman–Crippen MR) is 109 cm³/mol. The Kier molecular flexibility index (Phi) is 7.20. The highest BCUT2D eigenvalue weighted by atomic mass is 127. The van der Waals surface area contributed by atoms with Gasteiger partial charge >= 0.3 is 12.1 Å². The van der Waals surface area contributed by atoms with E-state index in [1.54, 1.807) is 50.3 Å². The third-order valence-electron chi connectivity index (χ3n) is 3.64. The van der Waals surface area contributed by atoms with Crippen molar-refractivity contribution in [3.8, 4) is 17.4 Å². The highest BCUT2D eigenvalue weighted by Gasteiger charge is 2.38. The van der Waals surface area contributed by atoms with Crippen LogP contribution >= 0.6 is 22.6 Å². The maximum absolute atomic E-state index is 14.4. The minimum Gasteiger partial charge on any atom is -0.464 e. The number of nitrogens with zero attached hydrogens (tertiary/aromatic N) is 1. The van der Waals surface area contributed by atoms with E-state index in [4.69, 9.17) is 14.2 Å². The van der Waals surface area contributed by atoms with Gasteiger partial charge in [0, 0.05) is 12.1 Å². The summed E-state index contributed by atoms with van der Waals surface area (Å²) in [5.74, 6) is -1.54. The molecule has 1 aromatic carbocycles. The number of hydrogen-bond acceptors (Lipinski definition) is 5. The molecule has 1 heterocycles. The van der Waals surface area contributed by atoms with Gasteiger partial charge in [-0.2, -0.15) is 13.2 Å². The van der Waals surface area contributed by atoms with E-state index in [0.29, 0.717) is 5.56 Å². The standard InChI is InChI=1S/C20H20F4INO4/c1-10-6-13(18(27)30-19(3,4)5)14(21)8-16(10)29-12-7-15(25)17(26-9-12)28-11(2)20(22,23)24/h6-9,11H,1-5H3/t11-/m0/s1. The van der Waals surface area contributed by atoms with Crippen molar-refractivity contribution in [2.45, 2.75) is 52.5 Å². The van der Waals surface area contributed by atoms with Crippen LogP contribution in [0, 0.1) is 16.3 Å². The maximum Gasteiger partial charge on any atom is 0.425 e. The van der Waals surface area contributed by atoms with E-state index < -0.39 is 29.7 Å². The Morgan fingerprint density at radius 3 is 2.33 bits per heavy atom. The molecule has 1 atom stereocenters. The van der Waals surface area contributed by atoms with Crippen LogP contribution in [0.5, 0.6) is 17.4 Å². The van der Waals surface area contributed by atoms with Gasteiger partial charge in [-0.1, -0.05) is 0 Å². The zero-order valence-corrected chi connectivity index (χ0v) is 19.0. The molecule has 10 heteroatoms. The number of rotatable bonds is 5. The molecule has 0 unspecified atom stereocenters. The highest BCUT2D eigenvalue weighted by molar-refractivity contribution is 14.1. The first-order chi connectivity index (χ1) is 13.7. The largest absolute Gasteiger partial charge is 0.464 e. The van der Waals surface area contributed by atoms with Crippen molar-refractivity contribution in [2.75, 3.05) is 0 Å². The summed E-state index contributed by atoms with van der Waals surface area (Å²) in [4.78, 5) is 16.0. The van der Waals surface area contributed by atoms with Gasteiger partial charge < -0.3 is 14.2 Å². The van der Waals surface area contributed by atoms with Crippen molar-refractivity contribution in [3.05, 3.63) is 44.9 Å². The van der Waals surface area contributed by atoms with Gasteiger partial charge in [0.15, 0.2) is 6.10 Å². The number of carbonyl (C=O) groups excluding carboxylic acids is 1. The number of aromatic nitrogens is 1. The van der Waals surface area contributed by atoms with E-state index >= 15 is 0 Å². The minimum absolute atomic E-state index is 0.120. The number of hydrogen-bond donors (Lipinski definition) is 0. The fourth-order valence-electron chi connectivity index (χ4n) is 2.17. The molecule has 2 aromatic rings. The van der Waals surface area contributed by atoms with Gasteiger partial charge in [-0.3, -0.25) is 0 Å². The van der Waals surface area contributed by atoms with E-state index in [0.717, 1.165) is 13.0 Å². The average molecular weight is 541 g/mol. The van der Waals surface area contributed by atoms with E-state index in [1.165, 1.54) is 18.3 Å². The summed E-state index contributed by atoms with van der Waals surface area (Å²) in [6, 6.07) is 3.75. The van der Waals surface area contributed by atoms with Gasteiger partial charge in [0.2, 0.25) is 5.88 Å². The number of halogens is 5. The summed E-state index contributed by atoms with van der Waals surface area (Å²) >= 11 is 1.76. The van der Waals surface area contributed by atoms with E-state index in [2.05, 4.69) is 4.98 Å². The molecule has 0 aliphatic heterocycles. The number of aryl methyl sites for hydroxylation is 1. The second-order valence-corrected chi connectivity index (χ2v) is 8.62. The zero-order chi connectivity index (χ0) is 22.9. The van der Waals surface area contributed by atoms with Crippen molar-refractivity contribution < 1.29 is 36.6 Å². The molecule has 0 radical (unpaired) electrons. The normalized spacial score (nSPS) is 13.0. The van der Waals surface area contributed by atoms with Crippen LogP contribution in [0.4, 0.5) is 17.6 Å². The van der Waals surface area contributed by atoms with Crippen molar-refractivity contribution in [1.29, 1.82) is 0 Å². The first kappa shape index (κ1) is 24.2. The summed E-state index contributed by atoms with van der Waals surface area (Å²) in [5, 5.41) is 0. The summed E-state index contributed by atoms with van der Waals surface area (Å²) in [5.41, 5.74) is -0.548. The molecule has 0 saturated heterocycles. The lowest BCUT2D eigenvalue weighted by Crippen LogP contribution is -2.31. The lowest BCUT2D eigenvalue weighted by atomic mass is 10.1. The zero-order valence-electron chi connectivity index (χ0n) is 16.9. The summed E-state index contributed by atoms with van der Waals surface area (Å²) in [6.07, 6.45) is -5.38. The molecule has 0 saturated carbocycles. The van der Waals surface area contributed by atoms with Crippen molar-refractivity contribution in [2.24, 2.45) is 0 Å². The third kappa shape index (κ3) is 6.44. The Morgan fingerprint density at radius 2 is 1.80 bits per heavy atom. The molecular formula is C20H20F4INO4. The topological polar surface area (TPSA) is 57.7 Å². The van der Waals surface area contributed by atoms with Crippen LogP contribution in [-0.2, 0) is 4.74 Å². The molecule has 1 aromatic heterocycles. The number of carbonyl (C=O) groups is 1. The van der Waals surface area contributed by atoms with E-state index in [-0.39, 0.29) is 26.5 Å². The smallest absolute Gasteiger partial charge is 0.425 e. The van der Waals surface area contributed by atoms with Crippen molar-refractivity contribution in [3.63, 3.8) is 0 Å². The van der Waals surface area contributed by atoms with Crippen LogP contribution in [0.1, 0.15) is 43.6 Å². The number of ether oxygens (including phenoxy) is 3. The predicted octanol–water partition coefficient (Wildman–Crippen LogP) is 6.21. The van der Waals surface area contributed by atoms with Crippen LogP contribution < -0.4 is 9.47 Å². The second-order valence-electron chi connectivity index (χ2n) is 7.46. The molecular weight excluding hydrogens is 521 g/mol. The third-order valence-corrected chi connectivity index (χ3v) is 4.42. The molecule has 0 amide bonds. The Morgan fingerprint density at radius 1 is 1.17 bits per heavy atom. The van der Waals surface area contributed by atoms with Gasteiger partial charge in [0.1, 0.15) is 22.9 Å². The molecule has 2 rings (SSSR count). The SMILES string of the molecule is Cc1cc(C(=O)OC(C)(C)C)c(F)cc1Oc1cnc(O[C@@H](C)C(F)(F)F)c(I)c1. The van der Waals surface area contributed by atoms with Gasteiger partial charge in [-0.25, -0.2) is 14.2 Å². The number of pyridine rings is 1. The number of benzene rings is 1. The molecule has 0 bridgehead atoms. The molecule has 164 valence electrons. The monoisotopic (exact) mass is 541 g/mol. The fraction of sp³-hybridized carbons (Fsp3) is 0.400. The lowest BCUT2D eigenvalue weighted by molar-refractivity contribution is -0.190. The Labute approximate surface area is 184 Å². The number of esters is 1.